The summed E-state index contributed by atoms with van der Waals surface area (Å²) < 4.78 is 10.4. The number of hydrogen-bond donors (Lipinski definition) is 1. The molecule has 0 aromatic carbocycles. The minimum Gasteiger partial charge on any atom is -0.480 e. The number of ether oxygens (including phenoxy) is 1. The highest BCUT2D eigenvalue weighted by Gasteiger charge is 2.35. The van der Waals surface area contributed by atoms with Gasteiger partial charge in [-0.2, -0.15) is 0 Å². The van der Waals surface area contributed by atoms with E-state index in [1.54, 1.807) is 19.9 Å². The van der Waals surface area contributed by atoms with E-state index in [1.165, 1.54) is 4.90 Å². The van der Waals surface area contributed by atoms with Gasteiger partial charge in [-0.3, -0.25) is 4.79 Å². The van der Waals surface area contributed by atoms with E-state index in [-0.39, 0.29) is 18.9 Å². The first-order valence-electron chi connectivity index (χ1n) is 5.69. The van der Waals surface area contributed by atoms with Gasteiger partial charge in [0.2, 0.25) is 0 Å². The maximum absolute atomic E-state index is 12.3. The van der Waals surface area contributed by atoms with Crippen LogP contribution < -0.4 is 0 Å². The number of carbonyl (C=O) groups excluding carboxylic acids is 1. The van der Waals surface area contributed by atoms with E-state index >= 15 is 0 Å². The van der Waals surface area contributed by atoms with Gasteiger partial charge in [0.1, 0.15) is 5.76 Å². The van der Waals surface area contributed by atoms with Crippen molar-refractivity contribution in [2.24, 2.45) is 0 Å². The van der Waals surface area contributed by atoms with Gasteiger partial charge >= 0.3 is 5.97 Å². The van der Waals surface area contributed by atoms with E-state index in [2.05, 4.69) is 0 Å². The summed E-state index contributed by atoms with van der Waals surface area (Å²) in [6, 6.07) is 0.805. The molecule has 1 amide bonds. The molecule has 0 radical (unpaired) electrons. The zero-order valence-electron chi connectivity index (χ0n) is 10.3. The number of rotatable bonds is 2. The molecule has 2 heterocycles. The second-order valence-electron chi connectivity index (χ2n) is 4.30. The fourth-order valence-electron chi connectivity index (χ4n) is 2.04. The quantitative estimate of drug-likeness (QED) is 0.844. The van der Waals surface area contributed by atoms with E-state index in [0.29, 0.717) is 17.9 Å². The molecule has 0 aliphatic carbocycles. The molecule has 1 fully saturated rings. The van der Waals surface area contributed by atoms with Crippen molar-refractivity contribution in [3.8, 4) is 0 Å². The summed E-state index contributed by atoms with van der Waals surface area (Å²) in [6.07, 6.45) is 0. The molecular weight excluding hydrogens is 238 g/mol. The maximum Gasteiger partial charge on any atom is 0.328 e. The molecule has 6 nitrogen and oxygen atoms in total. The Hall–Kier alpha value is -1.82. The Bertz CT molecular complexity index is 479. The molecule has 0 unspecified atom stereocenters. The minimum absolute atomic E-state index is 0.0137. The van der Waals surface area contributed by atoms with Crippen molar-refractivity contribution in [2.45, 2.75) is 19.9 Å². The summed E-state index contributed by atoms with van der Waals surface area (Å²) in [5.74, 6) is -0.614. The Morgan fingerprint density at radius 3 is 2.72 bits per heavy atom. The summed E-state index contributed by atoms with van der Waals surface area (Å²) in [7, 11) is 0. The van der Waals surface area contributed by atoms with Crippen molar-refractivity contribution < 1.29 is 23.8 Å². The first kappa shape index (κ1) is 12.6. The lowest BCUT2D eigenvalue weighted by Gasteiger charge is -2.32. The molecule has 1 aliphatic heterocycles. The highest BCUT2D eigenvalue weighted by molar-refractivity contribution is 5.95. The molecule has 0 saturated carbocycles. The van der Waals surface area contributed by atoms with Crippen LogP contribution in [-0.2, 0) is 9.53 Å². The van der Waals surface area contributed by atoms with E-state index in [9.17, 15) is 9.59 Å². The lowest BCUT2D eigenvalue weighted by molar-refractivity contribution is -0.147. The number of furan rings is 1. The largest absolute Gasteiger partial charge is 0.480 e. The van der Waals surface area contributed by atoms with Crippen molar-refractivity contribution in [1.82, 2.24) is 4.90 Å². The number of carboxylic acid groups (broad SMARTS) is 1. The van der Waals surface area contributed by atoms with Gasteiger partial charge in [-0.1, -0.05) is 0 Å². The molecule has 0 bridgehead atoms. The van der Waals surface area contributed by atoms with Gasteiger partial charge in [-0.25, -0.2) is 4.79 Å². The number of carbonyl (C=O) groups is 2. The first-order valence-corrected chi connectivity index (χ1v) is 5.69. The predicted molar refractivity (Wildman–Crippen MR) is 61.5 cm³/mol. The highest BCUT2D eigenvalue weighted by atomic mass is 16.5. The maximum atomic E-state index is 12.3. The number of nitrogens with zero attached hydrogens (tertiary/aromatic N) is 1. The van der Waals surface area contributed by atoms with Crippen molar-refractivity contribution in [2.75, 3.05) is 19.8 Å². The van der Waals surface area contributed by atoms with E-state index in [1.807, 2.05) is 0 Å². The van der Waals surface area contributed by atoms with E-state index in [4.69, 9.17) is 14.3 Å². The molecule has 1 atom stereocenters. The Morgan fingerprint density at radius 2 is 2.17 bits per heavy atom. The summed E-state index contributed by atoms with van der Waals surface area (Å²) >= 11 is 0. The van der Waals surface area contributed by atoms with Crippen molar-refractivity contribution in [3.63, 3.8) is 0 Å². The minimum atomic E-state index is -1.07. The standard InChI is InChI=1S/C12H15NO5/c1-7-5-8(2)18-10(7)11(14)13-3-4-17-6-9(13)12(15)16/h5,9H,3-4,6H2,1-2H3,(H,15,16)/t9-/m1/s1. The average molecular weight is 253 g/mol. The van der Waals surface area contributed by atoms with Crippen LogP contribution in [-0.4, -0.2) is 47.7 Å². The van der Waals surface area contributed by atoms with Gasteiger partial charge < -0.3 is 19.2 Å². The van der Waals surface area contributed by atoms with Gasteiger partial charge in [0.25, 0.3) is 5.91 Å². The van der Waals surface area contributed by atoms with Crippen molar-refractivity contribution >= 4 is 11.9 Å². The van der Waals surface area contributed by atoms with Gasteiger partial charge in [-0.05, 0) is 19.9 Å². The average Bonchev–Trinajstić information content (AvgIpc) is 2.67. The molecule has 1 aliphatic rings. The summed E-state index contributed by atoms with van der Waals surface area (Å²) in [4.78, 5) is 24.6. The molecule has 98 valence electrons. The molecular formula is C12H15NO5. The van der Waals surface area contributed by atoms with Crippen LogP contribution in [0.5, 0.6) is 0 Å². The number of carboxylic acids is 1. The zero-order chi connectivity index (χ0) is 13.3. The van der Waals surface area contributed by atoms with Crippen LogP contribution in [0, 0.1) is 13.8 Å². The molecule has 1 aromatic heterocycles. The van der Waals surface area contributed by atoms with Gasteiger partial charge in [0, 0.05) is 12.1 Å². The molecule has 1 aromatic rings. The van der Waals surface area contributed by atoms with Crippen molar-refractivity contribution in [3.05, 3.63) is 23.2 Å². The normalized spacial score (nSPS) is 19.9. The van der Waals surface area contributed by atoms with E-state index in [0.717, 1.165) is 0 Å². The lowest BCUT2D eigenvalue weighted by Crippen LogP contribution is -2.52. The summed E-state index contributed by atoms with van der Waals surface area (Å²) in [6.45, 7) is 4.13. The monoisotopic (exact) mass is 253 g/mol. The summed E-state index contributed by atoms with van der Waals surface area (Å²) in [5.41, 5.74) is 0.716. The Labute approximate surface area is 104 Å². The van der Waals surface area contributed by atoms with Crippen LogP contribution in [0.2, 0.25) is 0 Å². The summed E-state index contributed by atoms with van der Waals surface area (Å²) in [5, 5.41) is 9.07. The third kappa shape index (κ3) is 2.24. The number of hydrogen-bond acceptors (Lipinski definition) is 4. The Kier molecular flexibility index (Phi) is 3.38. The second kappa shape index (κ2) is 4.81. The topological polar surface area (TPSA) is 80.0 Å². The molecule has 2 rings (SSSR count). The van der Waals surface area contributed by atoms with Crippen LogP contribution in [0.4, 0.5) is 0 Å². The Morgan fingerprint density at radius 1 is 1.44 bits per heavy atom. The van der Waals surface area contributed by atoms with E-state index < -0.39 is 17.9 Å². The number of amides is 1. The first-order chi connectivity index (χ1) is 8.50. The second-order valence-corrected chi connectivity index (χ2v) is 4.30. The number of aryl methyl sites for hydroxylation is 2. The highest BCUT2D eigenvalue weighted by Crippen LogP contribution is 2.19. The lowest BCUT2D eigenvalue weighted by atomic mass is 10.2. The number of morpholine rings is 1. The van der Waals surface area contributed by atoms with Gasteiger partial charge in [-0.15, -0.1) is 0 Å². The molecule has 0 spiro atoms. The van der Waals surface area contributed by atoms with Crippen LogP contribution >= 0.6 is 0 Å². The Balaban J connectivity index is 2.26. The van der Waals surface area contributed by atoms with Crippen molar-refractivity contribution in [1.29, 1.82) is 0 Å². The molecule has 18 heavy (non-hydrogen) atoms. The zero-order valence-corrected chi connectivity index (χ0v) is 10.3. The van der Waals surface area contributed by atoms with Crippen LogP contribution in [0.15, 0.2) is 10.5 Å². The van der Waals surface area contributed by atoms with Gasteiger partial charge in [0.15, 0.2) is 11.8 Å². The SMILES string of the molecule is Cc1cc(C)c(C(=O)N2CCOC[C@@H]2C(=O)O)o1. The van der Waals surface area contributed by atoms with Crippen LogP contribution in [0.3, 0.4) is 0 Å². The fourth-order valence-corrected chi connectivity index (χ4v) is 2.04. The number of aliphatic carboxylic acids is 1. The smallest absolute Gasteiger partial charge is 0.328 e. The molecule has 1 saturated heterocycles. The third-order valence-corrected chi connectivity index (χ3v) is 2.91. The van der Waals surface area contributed by atoms with Crippen LogP contribution in [0.25, 0.3) is 0 Å². The molecule has 1 N–H and O–H groups in total. The van der Waals surface area contributed by atoms with Crippen LogP contribution in [0.1, 0.15) is 21.9 Å². The molecule has 6 heteroatoms. The predicted octanol–water partition coefficient (Wildman–Crippen LogP) is 0.822. The third-order valence-electron chi connectivity index (χ3n) is 2.91. The fraction of sp³-hybridized carbons (Fsp3) is 0.500. The van der Waals surface area contributed by atoms with Gasteiger partial charge in [0.05, 0.1) is 13.2 Å².